The quantitative estimate of drug-likeness (QED) is 0.899. The van der Waals surface area contributed by atoms with Gasteiger partial charge < -0.3 is 4.90 Å². The van der Waals surface area contributed by atoms with Crippen LogP contribution in [-0.2, 0) is 0 Å². The lowest BCUT2D eigenvalue weighted by molar-refractivity contribution is 0.0779. The number of hydrogen-bond donors (Lipinski definition) is 1. The van der Waals surface area contributed by atoms with Crippen LogP contribution in [0.3, 0.4) is 0 Å². The molecule has 0 bridgehead atoms. The molecule has 0 aromatic carbocycles. The Morgan fingerprint density at radius 3 is 2.91 bits per heavy atom. The number of H-pyrrole nitrogens is 1. The third-order valence-corrected chi connectivity index (χ3v) is 4.26. The van der Waals surface area contributed by atoms with Crippen LogP contribution in [0.4, 0.5) is 8.78 Å². The van der Waals surface area contributed by atoms with Crippen molar-refractivity contribution in [2.45, 2.75) is 30.7 Å². The van der Waals surface area contributed by atoms with Gasteiger partial charge in [-0.3, -0.25) is 19.0 Å². The van der Waals surface area contributed by atoms with Gasteiger partial charge in [0.15, 0.2) is 5.82 Å². The number of rotatable bonds is 3. The average Bonchev–Trinajstić information content (AvgIpc) is 3.03. The minimum atomic E-state index is -2.73. The van der Waals surface area contributed by atoms with Crippen molar-refractivity contribution in [2.75, 3.05) is 13.1 Å². The van der Waals surface area contributed by atoms with Crippen molar-refractivity contribution >= 4 is 5.91 Å². The van der Waals surface area contributed by atoms with E-state index in [1.54, 1.807) is 4.90 Å². The molecule has 1 N–H and O–H groups in total. The fourth-order valence-corrected chi connectivity index (χ4v) is 2.86. The van der Waals surface area contributed by atoms with Crippen molar-refractivity contribution in [3.63, 3.8) is 0 Å². The van der Waals surface area contributed by atoms with Gasteiger partial charge >= 0.3 is 5.76 Å². The van der Waals surface area contributed by atoms with E-state index in [0.717, 1.165) is 4.68 Å². The van der Waals surface area contributed by atoms with Gasteiger partial charge in [-0.15, -0.1) is 0 Å². The standard InChI is InChI=1S/C13H13F2N5O3/c14-13(15)5-9(13)20-4-2-8(17-20)11(21)19-3-1-7(6-19)10-16-12(22)23-18-10/h2,4,7,9H,1,3,5-6H2,(H,16,18,22). The lowest BCUT2D eigenvalue weighted by Gasteiger charge is -2.14. The highest BCUT2D eigenvalue weighted by Gasteiger charge is 2.59. The molecule has 1 saturated heterocycles. The number of nitrogens with zero attached hydrogens (tertiary/aromatic N) is 4. The zero-order chi connectivity index (χ0) is 16.2. The molecule has 122 valence electrons. The third-order valence-electron chi connectivity index (χ3n) is 4.26. The number of amides is 1. The Morgan fingerprint density at radius 1 is 1.48 bits per heavy atom. The maximum Gasteiger partial charge on any atom is 0.438 e. The first-order chi connectivity index (χ1) is 10.9. The monoisotopic (exact) mass is 325 g/mol. The molecule has 0 spiro atoms. The van der Waals surface area contributed by atoms with E-state index in [1.807, 2.05) is 0 Å². The third kappa shape index (κ3) is 2.43. The number of hydrogen-bond acceptors (Lipinski definition) is 5. The summed E-state index contributed by atoms with van der Waals surface area (Å²) in [5.41, 5.74) is 0.141. The molecule has 1 amide bonds. The largest absolute Gasteiger partial charge is 0.438 e. The van der Waals surface area contributed by atoms with Gasteiger partial charge in [-0.2, -0.15) is 5.10 Å². The summed E-state index contributed by atoms with van der Waals surface area (Å²) in [6, 6.07) is 0.498. The van der Waals surface area contributed by atoms with Gasteiger partial charge in [0, 0.05) is 31.6 Å². The second-order valence-corrected chi connectivity index (χ2v) is 5.88. The molecule has 23 heavy (non-hydrogen) atoms. The molecular formula is C13H13F2N5O3. The number of carbonyl (C=O) groups is 1. The summed E-state index contributed by atoms with van der Waals surface area (Å²) in [4.78, 5) is 27.4. The second-order valence-electron chi connectivity index (χ2n) is 5.88. The molecule has 4 rings (SSSR count). The van der Waals surface area contributed by atoms with E-state index in [9.17, 15) is 18.4 Å². The number of carbonyl (C=O) groups excluding carboxylic acids is 1. The molecule has 1 saturated carbocycles. The average molecular weight is 325 g/mol. The Labute approximate surface area is 128 Å². The smallest absolute Gasteiger partial charge is 0.336 e. The number of alkyl halides is 2. The molecule has 3 heterocycles. The summed E-state index contributed by atoms with van der Waals surface area (Å²) >= 11 is 0. The van der Waals surface area contributed by atoms with E-state index in [4.69, 9.17) is 0 Å². The van der Waals surface area contributed by atoms with Crippen LogP contribution in [0.15, 0.2) is 21.6 Å². The minimum absolute atomic E-state index is 0.111. The fourth-order valence-electron chi connectivity index (χ4n) is 2.86. The summed E-state index contributed by atoms with van der Waals surface area (Å²) in [6.07, 6.45) is 1.80. The van der Waals surface area contributed by atoms with Crippen molar-refractivity contribution in [1.82, 2.24) is 24.8 Å². The van der Waals surface area contributed by atoms with Crippen LogP contribution >= 0.6 is 0 Å². The van der Waals surface area contributed by atoms with Crippen molar-refractivity contribution < 1.29 is 18.1 Å². The Kier molecular flexibility index (Phi) is 2.90. The number of aromatic amines is 1. The molecule has 2 fully saturated rings. The van der Waals surface area contributed by atoms with Crippen LogP contribution < -0.4 is 5.76 Å². The lowest BCUT2D eigenvalue weighted by Crippen LogP contribution is -2.29. The van der Waals surface area contributed by atoms with Gasteiger partial charge in [0.2, 0.25) is 0 Å². The summed E-state index contributed by atoms with van der Waals surface area (Å²) in [5, 5.41) is 7.60. The summed E-state index contributed by atoms with van der Waals surface area (Å²) < 4.78 is 31.7. The van der Waals surface area contributed by atoms with Crippen molar-refractivity contribution in [3.05, 3.63) is 34.3 Å². The molecular weight excluding hydrogens is 312 g/mol. The van der Waals surface area contributed by atoms with E-state index in [2.05, 4.69) is 19.8 Å². The van der Waals surface area contributed by atoms with Crippen molar-refractivity contribution in [1.29, 1.82) is 0 Å². The second kappa shape index (κ2) is 4.74. The summed E-state index contributed by atoms with van der Waals surface area (Å²) in [5.74, 6) is -3.38. The van der Waals surface area contributed by atoms with E-state index in [0.29, 0.717) is 25.3 Å². The Hall–Kier alpha value is -2.52. The van der Waals surface area contributed by atoms with E-state index in [-0.39, 0.29) is 23.9 Å². The molecule has 2 aromatic rings. The molecule has 1 aliphatic heterocycles. The molecule has 2 atom stereocenters. The SMILES string of the molecule is O=C(c1ccn(C2CC2(F)F)n1)N1CCC(c2noc(=O)[nH]2)C1. The van der Waals surface area contributed by atoms with Crippen LogP contribution in [0.5, 0.6) is 0 Å². The fraction of sp³-hybridized carbons (Fsp3) is 0.538. The van der Waals surface area contributed by atoms with Crippen molar-refractivity contribution in [2.24, 2.45) is 0 Å². The first kappa shape index (κ1) is 14.1. The normalized spacial score (nSPS) is 25.7. The van der Waals surface area contributed by atoms with Gasteiger partial charge in [-0.25, -0.2) is 13.6 Å². The number of halogens is 2. The predicted octanol–water partition coefficient (Wildman–Crippen LogP) is 0.769. The van der Waals surface area contributed by atoms with Crippen LogP contribution in [0.25, 0.3) is 0 Å². The first-order valence-electron chi connectivity index (χ1n) is 7.22. The number of aromatic nitrogens is 4. The molecule has 2 aliphatic rings. The van der Waals surface area contributed by atoms with E-state index < -0.39 is 17.7 Å². The zero-order valence-electron chi connectivity index (χ0n) is 11.9. The first-order valence-corrected chi connectivity index (χ1v) is 7.22. The molecule has 8 nitrogen and oxygen atoms in total. The molecule has 1 aliphatic carbocycles. The maximum absolute atomic E-state index is 13.0. The van der Waals surface area contributed by atoms with Crippen molar-refractivity contribution in [3.8, 4) is 0 Å². The highest BCUT2D eigenvalue weighted by Crippen LogP contribution is 2.52. The molecule has 2 aromatic heterocycles. The Bertz CT molecular complexity index is 810. The van der Waals surface area contributed by atoms with Gasteiger partial charge in [0.25, 0.3) is 11.8 Å². The topological polar surface area (TPSA) is 97.0 Å². The van der Waals surface area contributed by atoms with E-state index >= 15 is 0 Å². The lowest BCUT2D eigenvalue weighted by atomic mass is 10.1. The van der Waals surface area contributed by atoms with E-state index in [1.165, 1.54) is 12.3 Å². The van der Waals surface area contributed by atoms with Gasteiger partial charge in [0.1, 0.15) is 11.7 Å². The van der Waals surface area contributed by atoms with Gasteiger partial charge in [0.05, 0.1) is 0 Å². The molecule has 10 heteroatoms. The number of nitrogens with one attached hydrogen (secondary N) is 1. The van der Waals surface area contributed by atoms with Crippen LogP contribution in [0.2, 0.25) is 0 Å². The summed E-state index contributed by atoms with van der Waals surface area (Å²) in [7, 11) is 0. The number of likely N-dealkylation sites (tertiary alicyclic amines) is 1. The zero-order valence-corrected chi connectivity index (χ0v) is 11.9. The summed E-state index contributed by atoms with van der Waals surface area (Å²) in [6.45, 7) is 0.846. The van der Waals surface area contributed by atoms with Gasteiger partial charge in [-0.1, -0.05) is 5.16 Å². The molecule has 0 radical (unpaired) electrons. The van der Waals surface area contributed by atoms with Crippen LogP contribution in [0, 0.1) is 0 Å². The Balaban J connectivity index is 1.45. The highest BCUT2D eigenvalue weighted by atomic mass is 19.3. The molecule has 2 unspecified atom stereocenters. The highest BCUT2D eigenvalue weighted by molar-refractivity contribution is 5.92. The van der Waals surface area contributed by atoms with Crippen LogP contribution in [0.1, 0.15) is 41.1 Å². The predicted molar refractivity (Wildman–Crippen MR) is 71.2 cm³/mol. The van der Waals surface area contributed by atoms with Gasteiger partial charge in [-0.05, 0) is 12.5 Å². The minimum Gasteiger partial charge on any atom is -0.336 e. The maximum atomic E-state index is 13.0. The van der Waals surface area contributed by atoms with Crippen LogP contribution in [-0.4, -0.2) is 49.7 Å². The Morgan fingerprint density at radius 2 is 2.26 bits per heavy atom.